The van der Waals surface area contributed by atoms with Crippen LogP contribution in [0.2, 0.25) is 0 Å². The average molecular weight is 486 g/mol. The molecule has 0 saturated carbocycles. The molecule has 0 aliphatic rings. The molecule has 176 valence electrons. The molecule has 0 amide bonds. The van der Waals surface area contributed by atoms with Crippen molar-refractivity contribution in [1.82, 2.24) is 4.98 Å². The van der Waals surface area contributed by atoms with Gasteiger partial charge in [0.1, 0.15) is 23.1 Å². The van der Waals surface area contributed by atoms with E-state index < -0.39 is 10.0 Å². The third kappa shape index (κ3) is 4.95. The zero-order valence-corrected chi connectivity index (χ0v) is 20.3. The van der Waals surface area contributed by atoms with Crippen LogP contribution in [0, 0.1) is 18.3 Å². The third-order valence-corrected chi connectivity index (χ3v) is 6.82. The molecule has 8 heteroatoms. The second kappa shape index (κ2) is 9.87. The molecule has 4 rings (SSSR count). The Morgan fingerprint density at radius 2 is 1.60 bits per heavy atom. The maximum atomic E-state index is 13.2. The molecule has 1 N–H and O–H groups in total. The van der Waals surface area contributed by atoms with Gasteiger partial charge in [0.2, 0.25) is 0 Å². The van der Waals surface area contributed by atoms with Gasteiger partial charge in [0.15, 0.2) is 5.82 Å². The van der Waals surface area contributed by atoms with E-state index in [0.717, 1.165) is 11.1 Å². The van der Waals surface area contributed by atoms with Crippen molar-refractivity contribution in [2.24, 2.45) is 0 Å². The van der Waals surface area contributed by atoms with Crippen LogP contribution < -0.4 is 14.2 Å². The molecule has 0 aliphatic heterocycles. The zero-order valence-electron chi connectivity index (χ0n) is 19.4. The molecule has 7 nitrogen and oxygen atoms in total. The monoisotopic (exact) mass is 485 g/mol. The van der Waals surface area contributed by atoms with Crippen molar-refractivity contribution in [2.75, 3.05) is 18.9 Å². The molecule has 0 saturated heterocycles. The maximum absolute atomic E-state index is 13.2. The van der Waals surface area contributed by atoms with E-state index in [4.69, 9.17) is 9.47 Å². The number of aromatic nitrogens is 1. The molecule has 0 bridgehead atoms. The van der Waals surface area contributed by atoms with Crippen LogP contribution in [0.25, 0.3) is 22.4 Å². The molecule has 35 heavy (non-hydrogen) atoms. The van der Waals surface area contributed by atoms with Crippen molar-refractivity contribution in [3.05, 3.63) is 90.0 Å². The van der Waals surface area contributed by atoms with Crippen molar-refractivity contribution in [1.29, 1.82) is 5.26 Å². The molecule has 0 aliphatic carbocycles. The van der Waals surface area contributed by atoms with Crippen molar-refractivity contribution in [3.8, 4) is 40.0 Å². The Morgan fingerprint density at radius 1 is 0.886 bits per heavy atom. The van der Waals surface area contributed by atoms with E-state index in [9.17, 15) is 13.7 Å². The van der Waals surface area contributed by atoms with E-state index in [1.807, 2.05) is 37.3 Å². The van der Waals surface area contributed by atoms with Crippen molar-refractivity contribution in [2.45, 2.75) is 11.8 Å². The first-order chi connectivity index (χ1) is 16.9. The fourth-order valence-corrected chi connectivity index (χ4v) is 4.64. The average Bonchev–Trinajstić information content (AvgIpc) is 2.88. The summed E-state index contributed by atoms with van der Waals surface area (Å²) in [5, 5.41) is 10.0. The lowest BCUT2D eigenvalue weighted by molar-refractivity contribution is 0.395. The molecule has 0 unspecified atom stereocenters. The van der Waals surface area contributed by atoms with E-state index in [0.29, 0.717) is 28.3 Å². The van der Waals surface area contributed by atoms with Crippen molar-refractivity contribution in [3.63, 3.8) is 0 Å². The smallest absolute Gasteiger partial charge is 0.263 e. The van der Waals surface area contributed by atoms with Crippen molar-refractivity contribution < 1.29 is 17.9 Å². The summed E-state index contributed by atoms with van der Waals surface area (Å²) in [6, 6.07) is 24.8. The molecule has 1 heterocycles. The highest BCUT2D eigenvalue weighted by atomic mass is 32.2. The Bertz CT molecular complexity index is 1510. The summed E-state index contributed by atoms with van der Waals surface area (Å²) in [7, 11) is -0.918. The van der Waals surface area contributed by atoms with Gasteiger partial charge in [0, 0.05) is 17.2 Å². The van der Waals surface area contributed by atoms with Gasteiger partial charge in [-0.25, -0.2) is 13.4 Å². The molecule has 0 atom stereocenters. The normalized spacial score (nSPS) is 10.9. The largest absolute Gasteiger partial charge is 0.497 e. The second-order valence-electron chi connectivity index (χ2n) is 7.74. The number of pyridine rings is 1. The summed E-state index contributed by atoms with van der Waals surface area (Å²) in [5.74, 6) is 1.03. The van der Waals surface area contributed by atoms with Gasteiger partial charge >= 0.3 is 0 Å². The number of rotatable bonds is 7. The molecule has 0 spiro atoms. The highest BCUT2D eigenvalue weighted by molar-refractivity contribution is 7.92. The first-order valence-corrected chi connectivity index (χ1v) is 12.2. The second-order valence-corrected chi connectivity index (χ2v) is 9.42. The number of nitriles is 1. The summed E-state index contributed by atoms with van der Waals surface area (Å²) >= 11 is 0. The summed E-state index contributed by atoms with van der Waals surface area (Å²) < 4.78 is 39.7. The fourth-order valence-electron chi connectivity index (χ4n) is 3.63. The number of hydrogen-bond acceptors (Lipinski definition) is 6. The molecule has 0 radical (unpaired) electrons. The standard InChI is InChI=1S/C27H23N3O4S/c1-18-9-12-21(13-10-18)35(31,32)30-27-24(17-28)23(19-7-5-4-6-8-19)16-25(29-27)22-14-11-20(33-2)15-26(22)34-3/h4-16H,1-3H3,(H,29,30). The molecular formula is C27H23N3O4S. The molecular weight excluding hydrogens is 462 g/mol. The fraction of sp³-hybridized carbons (Fsp3) is 0.111. The summed E-state index contributed by atoms with van der Waals surface area (Å²) in [6.45, 7) is 1.87. The minimum absolute atomic E-state index is 0.0673. The predicted octanol–water partition coefficient (Wildman–Crippen LogP) is 5.41. The molecule has 1 aromatic heterocycles. The van der Waals surface area contributed by atoms with Crippen molar-refractivity contribution >= 4 is 15.8 Å². The van der Waals surface area contributed by atoms with E-state index in [-0.39, 0.29) is 16.3 Å². The Labute approximate surface area is 204 Å². The molecule has 3 aromatic carbocycles. The lowest BCUT2D eigenvalue weighted by Crippen LogP contribution is -2.15. The summed E-state index contributed by atoms with van der Waals surface area (Å²) in [5.41, 5.74) is 3.38. The van der Waals surface area contributed by atoms with Crippen LogP contribution in [0.5, 0.6) is 11.5 Å². The number of benzene rings is 3. The highest BCUT2D eigenvalue weighted by Gasteiger charge is 2.22. The Morgan fingerprint density at radius 3 is 2.23 bits per heavy atom. The van der Waals surface area contributed by atoms with Gasteiger partial charge in [-0.1, -0.05) is 48.0 Å². The summed E-state index contributed by atoms with van der Waals surface area (Å²) in [4.78, 5) is 4.63. The minimum Gasteiger partial charge on any atom is -0.497 e. The van der Waals surface area contributed by atoms with Crippen LogP contribution in [0.15, 0.2) is 83.8 Å². The van der Waals surface area contributed by atoms with Gasteiger partial charge in [-0.05, 0) is 42.8 Å². The third-order valence-electron chi connectivity index (χ3n) is 5.46. The number of ether oxygens (including phenoxy) is 2. The van der Waals surface area contributed by atoms with Crippen LogP contribution in [0.3, 0.4) is 0 Å². The molecule has 4 aromatic rings. The number of methoxy groups -OCH3 is 2. The number of nitrogens with zero attached hydrogens (tertiary/aromatic N) is 2. The van der Waals surface area contributed by atoms with Gasteiger partial charge in [-0.2, -0.15) is 5.26 Å². The van der Waals surface area contributed by atoms with E-state index >= 15 is 0 Å². The van der Waals surface area contributed by atoms with Gasteiger partial charge in [0.25, 0.3) is 10.0 Å². The first kappa shape index (κ1) is 23.8. The van der Waals surface area contributed by atoms with Crippen LogP contribution in [-0.2, 0) is 10.0 Å². The zero-order chi connectivity index (χ0) is 25.0. The number of anilines is 1. The highest BCUT2D eigenvalue weighted by Crippen LogP contribution is 2.37. The van der Waals surface area contributed by atoms with Crippen LogP contribution >= 0.6 is 0 Å². The quantitative estimate of drug-likeness (QED) is 0.375. The first-order valence-electron chi connectivity index (χ1n) is 10.7. The Kier molecular flexibility index (Phi) is 6.71. The number of nitrogens with one attached hydrogen (secondary N) is 1. The SMILES string of the molecule is COc1ccc(-c2cc(-c3ccccc3)c(C#N)c(NS(=O)(=O)c3ccc(C)cc3)n2)c(OC)c1. The van der Waals surface area contributed by atoms with Crippen LogP contribution in [0.1, 0.15) is 11.1 Å². The van der Waals surface area contributed by atoms with E-state index in [1.165, 1.54) is 19.2 Å². The lowest BCUT2D eigenvalue weighted by atomic mass is 9.98. The van der Waals surface area contributed by atoms with Crippen LogP contribution in [-0.4, -0.2) is 27.6 Å². The molecule has 0 fully saturated rings. The van der Waals surface area contributed by atoms with Crippen LogP contribution in [0.4, 0.5) is 5.82 Å². The number of sulfonamides is 1. The topological polar surface area (TPSA) is 101 Å². The lowest BCUT2D eigenvalue weighted by Gasteiger charge is -2.16. The maximum Gasteiger partial charge on any atom is 0.263 e. The number of hydrogen-bond donors (Lipinski definition) is 1. The van der Waals surface area contributed by atoms with Gasteiger partial charge in [-0.3, -0.25) is 4.72 Å². The Balaban J connectivity index is 1.94. The predicted molar refractivity (Wildman–Crippen MR) is 135 cm³/mol. The van der Waals surface area contributed by atoms with Gasteiger partial charge in [0.05, 0.1) is 24.8 Å². The van der Waals surface area contributed by atoms with Gasteiger partial charge in [-0.15, -0.1) is 0 Å². The van der Waals surface area contributed by atoms with Gasteiger partial charge < -0.3 is 9.47 Å². The van der Waals surface area contributed by atoms with E-state index in [1.54, 1.807) is 43.5 Å². The number of aryl methyl sites for hydroxylation is 1. The Hall–Kier alpha value is -4.35. The van der Waals surface area contributed by atoms with E-state index in [2.05, 4.69) is 15.8 Å². The summed E-state index contributed by atoms with van der Waals surface area (Å²) in [6.07, 6.45) is 0. The minimum atomic E-state index is -4.00.